The quantitative estimate of drug-likeness (QED) is 0.832. The molecule has 0 radical (unpaired) electrons. The lowest BCUT2D eigenvalue weighted by atomic mass is 10.1. The third-order valence-corrected chi connectivity index (χ3v) is 2.55. The van der Waals surface area contributed by atoms with E-state index in [9.17, 15) is 4.79 Å². The highest BCUT2D eigenvalue weighted by atomic mass is 16.5. The van der Waals surface area contributed by atoms with Gasteiger partial charge in [-0.25, -0.2) is 0 Å². The lowest BCUT2D eigenvalue weighted by molar-refractivity contribution is -0.118. The Bertz CT molecular complexity index is 418. The van der Waals surface area contributed by atoms with Crippen molar-refractivity contribution in [2.75, 3.05) is 27.9 Å². The summed E-state index contributed by atoms with van der Waals surface area (Å²) in [4.78, 5) is 10.8. The molecule has 1 amide bonds. The number of rotatable bonds is 6. The van der Waals surface area contributed by atoms with E-state index in [1.807, 2.05) is 6.07 Å². The third kappa shape index (κ3) is 3.55. The van der Waals surface area contributed by atoms with Crippen LogP contribution >= 0.6 is 0 Å². The molecule has 0 aliphatic rings. The van der Waals surface area contributed by atoms with Gasteiger partial charge in [0.25, 0.3) is 0 Å². The Morgan fingerprint density at radius 3 is 2.11 bits per heavy atom. The number of benzene rings is 1. The molecule has 18 heavy (non-hydrogen) atoms. The molecule has 0 spiro atoms. The van der Waals surface area contributed by atoms with Gasteiger partial charge in [0.15, 0.2) is 11.5 Å². The highest BCUT2D eigenvalue weighted by Crippen LogP contribution is 2.34. The van der Waals surface area contributed by atoms with Gasteiger partial charge >= 0.3 is 0 Å². The topological polar surface area (TPSA) is 56.8 Å². The van der Waals surface area contributed by atoms with Crippen molar-refractivity contribution in [2.24, 2.45) is 0 Å². The predicted octanol–water partition coefficient (Wildman–Crippen LogP) is 1.39. The minimum absolute atomic E-state index is 0.0468. The van der Waals surface area contributed by atoms with E-state index in [0.717, 1.165) is 11.3 Å². The number of carbonyl (C=O) groups excluding carboxylic acids is 1. The lowest BCUT2D eigenvalue weighted by Gasteiger charge is -2.14. The fourth-order valence-corrected chi connectivity index (χ4v) is 1.66. The zero-order chi connectivity index (χ0) is 13.5. The van der Waals surface area contributed by atoms with Crippen LogP contribution in [0.3, 0.4) is 0 Å². The van der Waals surface area contributed by atoms with Gasteiger partial charge < -0.3 is 19.5 Å². The fraction of sp³-hybridized carbons (Fsp3) is 0.462. The highest BCUT2D eigenvalue weighted by molar-refractivity contribution is 5.72. The molecule has 1 aromatic rings. The average molecular weight is 253 g/mol. The minimum Gasteiger partial charge on any atom is -0.496 e. The van der Waals surface area contributed by atoms with Crippen LogP contribution in [0, 0.1) is 0 Å². The van der Waals surface area contributed by atoms with Crippen LogP contribution in [0.25, 0.3) is 0 Å². The summed E-state index contributed by atoms with van der Waals surface area (Å²) in [6.07, 6.45) is 0.670. The molecule has 1 N–H and O–H groups in total. The van der Waals surface area contributed by atoms with Crippen molar-refractivity contribution in [2.45, 2.75) is 13.3 Å². The molecule has 0 bridgehead atoms. The molecule has 5 nitrogen and oxygen atoms in total. The Morgan fingerprint density at radius 1 is 1.06 bits per heavy atom. The van der Waals surface area contributed by atoms with E-state index in [1.54, 1.807) is 27.4 Å². The zero-order valence-electron chi connectivity index (χ0n) is 11.2. The van der Waals surface area contributed by atoms with Gasteiger partial charge in [0.2, 0.25) is 5.91 Å². The summed E-state index contributed by atoms with van der Waals surface area (Å²) in [5.41, 5.74) is 0.962. The second kappa shape index (κ2) is 6.74. The molecule has 1 aromatic carbocycles. The summed E-state index contributed by atoms with van der Waals surface area (Å²) < 4.78 is 15.7. The normalized spacial score (nSPS) is 9.78. The molecule has 0 unspecified atom stereocenters. The first-order valence-electron chi connectivity index (χ1n) is 5.65. The Morgan fingerprint density at radius 2 is 1.61 bits per heavy atom. The van der Waals surface area contributed by atoms with Gasteiger partial charge in [-0.3, -0.25) is 4.79 Å². The second-order valence-corrected chi connectivity index (χ2v) is 3.75. The van der Waals surface area contributed by atoms with Crippen LogP contribution in [0.2, 0.25) is 0 Å². The van der Waals surface area contributed by atoms with Gasteiger partial charge in [0.1, 0.15) is 5.75 Å². The molecule has 0 aromatic heterocycles. The maximum Gasteiger partial charge on any atom is 0.216 e. The van der Waals surface area contributed by atoms with E-state index in [-0.39, 0.29) is 5.91 Å². The molecule has 0 aliphatic carbocycles. The molecule has 0 heterocycles. The second-order valence-electron chi connectivity index (χ2n) is 3.75. The number of ether oxygens (including phenoxy) is 3. The summed E-state index contributed by atoms with van der Waals surface area (Å²) >= 11 is 0. The van der Waals surface area contributed by atoms with E-state index < -0.39 is 0 Å². The van der Waals surface area contributed by atoms with Crippen molar-refractivity contribution in [3.8, 4) is 17.2 Å². The minimum atomic E-state index is -0.0468. The summed E-state index contributed by atoms with van der Waals surface area (Å²) in [7, 11) is 4.76. The first-order valence-corrected chi connectivity index (χ1v) is 5.65. The smallest absolute Gasteiger partial charge is 0.216 e. The molecule has 0 atom stereocenters. The zero-order valence-corrected chi connectivity index (χ0v) is 11.2. The molecule has 100 valence electrons. The van der Waals surface area contributed by atoms with Crippen LogP contribution < -0.4 is 19.5 Å². The van der Waals surface area contributed by atoms with E-state index in [4.69, 9.17) is 14.2 Å². The lowest BCUT2D eigenvalue weighted by Crippen LogP contribution is -2.22. The first kappa shape index (κ1) is 14.2. The van der Waals surface area contributed by atoms with Crippen molar-refractivity contribution in [1.29, 1.82) is 0 Å². The summed E-state index contributed by atoms with van der Waals surface area (Å²) in [5, 5.41) is 2.74. The highest BCUT2D eigenvalue weighted by Gasteiger charge is 2.11. The summed E-state index contributed by atoms with van der Waals surface area (Å²) in [5.74, 6) is 1.95. The maximum atomic E-state index is 10.8. The molecular weight excluding hydrogens is 234 g/mol. The Balaban J connectivity index is 2.91. The fourth-order valence-electron chi connectivity index (χ4n) is 1.66. The molecule has 0 saturated carbocycles. The van der Waals surface area contributed by atoms with Crippen molar-refractivity contribution < 1.29 is 19.0 Å². The van der Waals surface area contributed by atoms with Crippen LogP contribution in [0.15, 0.2) is 12.1 Å². The van der Waals surface area contributed by atoms with Crippen LogP contribution in [0.1, 0.15) is 12.5 Å². The van der Waals surface area contributed by atoms with Crippen LogP contribution in [-0.2, 0) is 11.2 Å². The Labute approximate surface area is 107 Å². The maximum absolute atomic E-state index is 10.8. The number of hydrogen-bond acceptors (Lipinski definition) is 4. The first-order chi connectivity index (χ1) is 8.62. The van der Waals surface area contributed by atoms with Gasteiger partial charge in [-0.05, 0) is 18.1 Å². The van der Waals surface area contributed by atoms with E-state index in [1.165, 1.54) is 6.92 Å². The van der Waals surface area contributed by atoms with Crippen molar-refractivity contribution in [1.82, 2.24) is 5.32 Å². The number of hydrogen-bond donors (Lipinski definition) is 1. The van der Waals surface area contributed by atoms with Gasteiger partial charge in [0, 0.05) is 19.5 Å². The number of nitrogens with one attached hydrogen (secondary N) is 1. The molecule has 0 fully saturated rings. The van der Waals surface area contributed by atoms with Crippen molar-refractivity contribution in [3.05, 3.63) is 17.7 Å². The summed E-state index contributed by atoms with van der Waals surface area (Å²) in [6.45, 7) is 2.05. The van der Waals surface area contributed by atoms with Crippen LogP contribution in [-0.4, -0.2) is 33.8 Å². The predicted molar refractivity (Wildman–Crippen MR) is 68.5 cm³/mol. The molecule has 5 heteroatoms. The molecule has 0 aliphatic heterocycles. The van der Waals surface area contributed by atoms with Crippen molar-refractivity contribution in [3.63, 3.8) is 0 Å². The van der Waals surface area contributed by atoms with Gasteiger partial charge in [0.05, 0.1) is 21.3 Å². The third-order valence-electron chi connectivity index (χ3n) is 2.55. The SMILES string of the molecule is COc1cc(OC)c(OC)cc1CCNC(C)=O. The Kier molecular flexibility index (Phi) is 5.30. The van der Waals surface area contributed by atoms with E-state index in [0.29, 0.717) is 24.5 Å². The largest absolute Gasteiger partial charge is 0.496 e. The van der Waals surface area contributed by atoms with Crippen molar-refractivity contribution >= 4 is 5.91 Å². The van der Waals surface area contributed by atoms with E-state index >= 15 is 0 Å². The molecule has 0 saturated heterocycles. The van der Waals surface area contributed by atoms with Gasteiger partial charge in [-0.1, -0.05) is 0 Å². The Hall–Kier alpha value is -1.91. The van der Waals surface area contributed by atoms with E-state index in [2.05, 4.69) is 5.32 Å². The average Bonchev–Trinajstić information content (AvgIpc) is 2.37. The number of carbonyl (C=O) groups is 1. The molecular formula is C13H19NO4. The molecule has 1 rings (SSSR count). The van der Waals surface area contributed by atoms with Gasteiger partial charge in [-0.2, -0.15) is 0 Å². The van der Waals surface area contributed by atoms with Crippen LogP contribution in [0.5, 0.6) is 17.2 Å². The number of amides is 1. The van der Waals surface area contributed by atoms with Crippen LogP contribution in [0.4, 0.5) is 0 Å². The standard InChI is InChI=1S/C13H19NO4/c1-9(15)14-6-5-10-7-12(17-3)13(18-4)8-11(10)16-2/h7-8H,5-6H2,1-4H3,(H,14,15). The number of methoxy groups -OCH3 is 3. The van der Waals surface area contributed by atoms with Gasteiger partial charge in [-0.15, -0.1) is 0 Å². The monoisotopic (exact) mass is 253 g/mol. The summed E-state index contributed by atoms with van der Waals surface area (Å²) in [6, 6.07) is 3.64.